The molecule has 1 fully saturated rings. The molecule has 146 valence electrons. The number of imide groups is 1. The minimum absolute atomic E-state index is 0.330. The van der Waals surface area contributed by atoms with Crippen molar-refractivity contribution in [2.24, 2.45) is 4.99 Å². The number of carbonyl (C=O) groups excluding carboxylic acids is 2. The smallest absolute Gasteiger partial charge is 0.303 e. The molecule has 7 nitrogen and oxygen atoms in total. The van der Waals surface area contributed by atoms with E-state index >= 15 is 0 Å². The molecule has 0 bridgehead atoms. The van der Waals surface area contributed by atoms with Gasteiger partial charge in [-0.3, -0.25) is 19.9 Å². The number of guanidine groups is 1. The van der Waals surface area contributed by atoms with Gasteiger partial charge in [0.15, 0.2) is 12.2 Å². The number of fused-ring (bicyclic) bond motifs is 3. The lowest BCUT2D eigenvalue weighted by molar-refractivity contribution is -0.126. The van der Waals surface area contributed by atoms with Crippen LogP contribution in [0.3, 0.4) is 0 Å². The number of aliphatic imine (C=N–C) groups is 1. The number of carbonyl (C=O) groups is 2. The molecule has 3 amide bonds. The molecule has 0 radical (unpaired) electrons. The van der Waals surface area contributed by atoms with Crippen molar-refractivity contribution in [2.75, 3.05) is 11.9 Å². The van der Waals surface area contributed by atoms with Gasteiger partial charge in [0, 0.05) is 18.8 Å². The standard InChI is InChI=1S/C22H21N5O2/c1-13-9-10-14(2)16(11-13)27-17(15-7-5-4-6-8-15)12-26-18-19(23-21(26)27)25(3)22(29)24-20(18)28/h4-12,18-19H,1-3H3,(H,24,28,29). The number of aryl methyl sites for hydroxylation is 2. The molecule has 29 heavy (non-hydrogen) atoms. The second-order valence-electron chi connectivity index (χ2n) is 7.61. The fraction of sp³-hybridized carbons (Fsp3) is 0.227. The number of rotatable bonds is 2. The Morgan fingerprint density at radius 1 is 1.03 bits per heavy atom. The van der Waals surface area contributed by atoms with Gasteiger partial charge in [-0.05, 0) is 31.0 Å². The summed E-state index contributed by atoms with van der Waals surface area (Å²) in [7, 11) is 1.66. The Bertz CT molecular complexity index is 1090. The highest BCUT2D eigenvalue weighted by Crippen LogP contribution is 2.40. The molecule has 0 saturated carbocycles. The largest absolute Gasteiger partial charge is 0.325 e. The molecule has 5 rings (SSSR count). The number of hydrogen-bond acceptors (Lipinski definition) is 5. The van der Waals surface area contributed by atoms with Crippen molar-refractivity contribution in [1.29, 1.82) is 0 Å². The van der Waals surface area contributed by atoms with Crippen molar-refractivity contribution in [3.8, 4) is 0 Å². The number of hydrogen-bond donors (Lipinski definition) is 1. The van der Waals surface area contributed by atoms with Crippen molar-refractivity contribution in [3.05, 3.63) is 71.4 Å². The third kappa shape index (κ3) is 2.54. The summed E-state index contributed by atoms with van der Waals surface area (Å²) in [6, 6.07) is 15.3. The first-order chi connectivity index (χ1) is 14.0. The summed E-state index contributed by atoms with van der Waals surface area (Å²) in [5.74, 6) is 0.326. The number of amides is 3. The van der Waals surface area contributed by atoms with Gasteiger partial charge in [-0.15, -0.1) is 0 Å². The molecule has 0 spiro atoms. The van der Waals surface area contributed by atoms with Crippen molar-refractivity contribution in [3.63, 3.8) is 0 Å². The molecular formula is C22H21N5O2. The Hall–Kier alpha value is -3.61. The lowest BCUT2D eigenvalue weighted by Gasteiger charge is -2.34. The Kier molecular flexibility index (Phi) is 3.74. The van der Waals surface area contributed by atoms with Gasteiger partial charge >= 0.3 is 6.03 Å². The Labute approximate surface area is 168 Å². The Morgan fingerprint density at radius 3 is 2.55 bits per heavy atom. The molecule has 2 aromatic rings. The van der Waals surface area contributed by atoms with Gasteiger partial charge in [0.1, 0.15) is 0 Å². The second kappa shape index (κ2) is 6.20. The maximum absolute atomic E-state index is 12.7. The zero-order valence-corrected chi connectivity index (χ0v) is 16.5. The summed E-state index contributed by atoms with van der Waals surface area (Å²) in [6.45, 7) is 4.11. The Morgan fingerprint density at radius 2 is 1.79 bits per heavy atom. The molecule has 3 aliphatic rings. The van der Waals surface area contributed by atoms with Gasteiger partial charge in [0.2, 0.25) is 5.96 Å². The average molecular weight is 387 g/mol. The van der Waals surface area contributed by atoms with Crippen LogP contribution in [0, 0.1) is 13.8 Å². The quantitative estimate of drug-likeness (QED) is 0.860. The zero-order valence-electron chi connectivity index (χ0n) is 16.5. The molecule has 7 heteroatoms. The van der Waals surface area contributed by atoms with Crippen LogP contribution in [0.1, 0.15) is 16.7 Å². The summed E-state index contributed by atoms with van der Waals surface area (Å²) in [4.78, 5) is 35.0. The minimum atomic E-state index is -0.582. The summed E-state index contributed by atoms with van der Waals surface area (Å²) in [5, 5.41) is 2.43. The molecule has 2 atom stereocenters. The third-order valence-corrected chi connectivity index (χ3v) is 5.65. The lowest BCUT2D eigenvalue weighted by Crippen LogP contribution is -2.62. The summed E-state index contributed by atoms with van der Waals surface area (Å²) < 4.78 is 0. The summed E-state index contributed by atoms with van der Waals surface area (Å²) >= 11 is 0. The molecule has 1 N–H and O–H groups in total. The second-order valence-corrected chi connectivity index (χ2v) is 7.61. The highest BCUT2D eigenvalue weighted by molar-refractivity contribution is 6.16. The van der Waals surface area contributed by atoms with E-state index in [9.17, 15) is 9.59 Å². The molecule has 3 aliphatic heterocycles. The van der Waals surface area contributed by atoms with Gasteiger partial charge in [-0.2, -0.15) is 0 Å². The summed E-state index contributed by atoms with van der Waals surface area (Å²) in [6.07, 6.45) is 1.41. The van der Waals surface area contributed by atoms with Gasteiger partial charge < -0.3 is 4.90 Å². The predicted molar refractivity (Wildman–Crippen MR) is 111 cm³/mol. The first-order valence-electron chi connectivity index (χ1n) is 9.54. The number of anilines is 1. The van der Waals surface area contributed by atoms with Crippen LogP contribution in [0.15, 0.2) is 59.7 Å². The van der Waals surface area contributed by atoms with E-state index in [0.29, 0.717) is 5.96 Å². The topological polar surface area (TPSA) is 68.2 Å². The van der Waals surface area contributed by atoms with Gasteiger partial charge in [-0.25, -0.2) is 9.79 Å². The van der Waals surface area contributed by atoms with Crippen LogP contribution in [-0.2, 0) is 4.79 Å². The van der Waals surface area contributed by atoms with E-state index in [2.05, 4.69) is 42.3 Å². The number of nitrogens with one attached hydrogen (secondary N) is 1. The van der Waals surface area contributed by atoms with Crippen molar-refractivity contribution >= 4 is 29.3 Å². The van der Waals surface area contributed by atoms with Crippen LogP contribution in [0.25, 0.3) is 5.70 Å². The normalized spacial score (nSPS) is 22.9. The summed E-state index contributed by atoms with van der Waals surface area (Å²) in [5.41, 5.74) is 5.23. The molecular weight excluding hydrogens is 366 g/mol. The number of likely N-dealkylation sites (N-methyl/N-ethyl adjacent to an activating group) is 1. The highest BCUT2D eigenvalue weighted by atomic mass is 16.2. The van der Waals surface area contributed by atoms with Gasteiger partial charge in [-0.1, -0.05) is 42.5 Å². The van der Waals surface area contributed by atoms with E-state index in [0.717, 1.165) is 28.1 Å². The van der Waals surface area contributed by atoms with E-state index in [1.165, 1.54) is 4.90 Å². The van der Waals surface area contributed by atoms with Crippen molar-refractivity contribution < 1.29 is 9.59 Å². The average Bonchev–Trinajstić information content (AvgIpc) is 3.25. The van der Waals surface area contributed by atoms with E-state index in [-0.39, 0.29) is 5.91 Å². The van der Waals surface area contributed by atoms with Crippen LogP contribution in [0.5, 0.6) is 0 Å². The third-order valence-electron chi connectivity index (χ3n) is 5.65. The molecule has 3 heterocycles. The fourth-order valence-electron chi connectivity index (χ4n) is 4.09. The predicted octanol–water partition coefficient (Wildman–Crippen LogP) is 2.67. The maximum Gasteiger partial charge on any atom is 0.325 e. The monoisotopic (exact) mass is 387 g/mol. The molecule has 2 unspecified atom stereocenters. The van der Waals surface area contributed by atoms with E-state index in [1.54, 1.807) is 7.05 Å². The van der Waals surface area contributed by atoms with Crippen LogP contribution in [0.4, 0.5) is 10.5 Å². The SMILES string of the molecule is Cc1ccc(C)c(N2C(c3ccccc3)=CN3C2=NC2C3C(=O)NC(=O)N2C)c1. The number of nitrogens with zero attached hydrogens (tertiary/aromatic N) is 4. The molecule has 1 saturated heterocycles. The number of urea groups is 1. The van der Waals surface area contributed by atoms with Crippen LogP contribution in [0.2, 0.25) is 0 Å². The first-order valence-corrected chi connectivity index (χ1v) is 9.54. The van der Waals surface area contributed by atoms with Crippen LogP contribution >= 0.6 is 0 Å². The zero-order chi connectivity index (χ0) is 20.3. The van der Waals surface area contributed by atoms with Crippen molar-refractivity contribution in [1.82, 2.24) is 15.1 Å². The first kappa shape index (κ1) is 17.5. The van der Waals surface area contributed by atoms with Crippen LogP contribution < -0.4 is 10.2 Å². The van der Waals surface area contributed by atoms with Gasteiger partial charge in [0.25, 0.3) is 5.91 Å². The van der Waals surface area contributed by atoms with E-state index < -0.39 is 18.2 Å². The Balaban J connectivity index is 1.68. The lowest BCUT2D eigenvalue weighted by atomic mass is 10.1. The minimum Gasteiger partial charge on any atom is -0.303 e. The fourth-order valence-corrected chi connectivity index (χ4v) is 4.09. The molecule has 0 aromatic heterocycles. The molecule has 2 aromatic carbocycles. The van der Waals surface area contributed by atoms with Gasteiger partial charge in [0.05, 0.1) is 11.4 Å². The number of benzene rings is 2. The van der Waals surface area contributed by atoms with Crippen LogP contribution in [-0.4, -0.2) is 47.0 Å². The maximum atomic E-state index is 12.7. The molecule has 0 aliphatic carbocycles. The van der Waals surface area contributed by atoms with E-state index in [4.69, 9.17) is 4.99 Å². The highest BCUT2D eigenvalue weighted by Gasteiger charge is 2.52. The van der Waals surface area contributed by atoms with E-state index in [1.807, 2.05) is 41.4 Å². The van der Waals surface area contributed by atoms with Crippen molar-refractivity contribution in [2.45, 2.75) is 26.1 Å².